The van der Waals surface area contributed by atoms with Crippen LogP contribution in [0.4, 0.5) is 4.39 Å². The molecule has 2 N–H and O–H groups in total. The summed E-state index contributed by atoms with van der Waals surface area (Å²) in [4.78, 5) is 12.3. The Balaban J connectivity index is 1.51. The van der Waals surface area contributed by atoms with E-state index in [1.165, 1.54) is 12.1 Å². The second-order valence-corrected chi connectivity index (χ2v) is 6.37. The van der Waals surface area contributed by atoms with Crippen LogP contribution in [0.1, 0.15) is 35.2 Å². The molecule has 4 nitrogen and oxygen atoms in total. The highest BCUT2D eigenvalue weighted by atomic mass is 19.1. The Kier molecular flexibility index (Phi) is 5.91. The molecule has 0 bridgehead atoms. The molecule has 0 aliphatic heterocycles. The lowest BCUT2D eigenvalue weighted by molar-refractivity contribution is 0.0500. The molecule has 140 valence electrons. The van der Waals surface area contributed by atoms with Crippen molar-refractivity contribution in [2.24, 2.45) is 0 Å². The summed E-state index contributed by atoms with van der Waals surface area (Å²) in [6.07, 6.45) is 3.00. The van der Waals surface area contributed by atoms with E-state index in [-0.39, 0.29) is 23.9 Å². The highest BCUT2D eigenvalue weighted by Crippen LogP contribution is 2.34. The van der Waals surface area contributed by atoms with Gasteiger partial charge in [0.25, 0.3) is 0 Å². The minimum absolute atomic E-state index is 0.186. The van der Waals surface area contributed by atoms with Gasteiger partial charge in [-0.25, -0.2) is 9.18 Å². The minimum atomic E-state index is -0.472. The molecule has 5 heteroatoms. The van der Waals surface area contributed by atoms with Crippen LogP contribution in [0.15, 0.2) is 54.6 Å². The Labute approximate surface area is 156 Å². The Morgan fingerprint density at radius 3 is 2.52 bits per heavy atom. The lowest BCUT2D eigenvalue weighted by atomic mass is 10.0. The molecule has 0 aliphatic carbocycles. The third-order valence-corrected chi connectivity index (χ3v) is 4.51. The number of halogens is 1. The first kappa shape index (κ1) is 18.7. The summed E-state index contributed by atoms with van der Waals surface area (Å²) < 4.78 is 18.9. The Bertz CT molecular complexity index is 952. The number of benzene rings is 3. The van der Waals surface area contributed by atoms with Crippen LogP contribution in [0.5, 0.6) is 11.5 Å². The number of hydrogen-bond acceptors (Lipinski definition) is 4. The van der Waals surface area contributed by atoms with E-state index >= 15 is 0 Å². The third kappa shape index (κ3) is 4.37. The van der Waals surface area contributed by atoms with Crippen LogP contribution in [0.2, 0.25) is 0 Å². The van der Waals surface area contributed by atoms with Gasteiger partial charge in [0.05, 0.1) is 12.2 Å². The third-order valence-electron chi connectivity index (χ3n) is 4.51. The maximum Gasteiger partial charge on any atom is 0.338 e. The summed E-state index contributed by atoms with van der Waals surface area (Å²) in [7, 11) is 0. The zero-order chi connectivity index (χ0) is 19.2. The number of aromatic hydroxyl groups is 2. The predicted octanol–water partition coefficient (Wildman–Crippen LogP) is 4.96. The quantitative estimate of drug-likeness (QED) is 0.351. The largest absolute Gasteiger partial charge is 0.504 e. The van der Waals surface area contributed by atoms with Crippen molar-refractivity contribution in [2.45, 2.75) is 25.7 Å². The van der Waals surface area contributed by atoms with E-state index in [0.717, 1.165) is 12.8 Å². The van der Waals surface area contributed by atoms with Gasteiger partial charge in [0.1, 0.15) is 5.82 Å². The first-order chi connectivity index (χ1) is 13.1. The van der Waals surface area contributed by atoms with Crippen molar-refractivity contribution in [1.29, 1.82) is 0 Å². The topological polar surface area (TPSA) is 66.8 Å². The summed E-state index contributed by atoms with van der Waals surface area (Å²) in [5.74, 6) is -1.15. The molecule has 0 saturated carbocycles. The van der Waals surface area contributed by atoms with Crippen LogP contribution in [0.25, 0.3) is 10.8 Å². The molecule has 0 heterocycles. The van der Waals surface area contributed by atoms with Gasteiger partial charge in [0, 0.05) is 10.8 Å². The average Bonchev–Trinajstić information content (AvgIpc) is 2.68. The van der Waals surface area contributed by atoms with Gasteiger partial charge in [0.15, 0.2) is 11.5 Å². The molecular formula is C22H21FO4. The molecule has 0 atom stereocenters. The number of hydrogen-bond donors (Lipinski definition) is 2. The average molecular weight is 368 g/mol. The molecule has 0 spiro atoms. The smallest absolute Gasteiger partial charge is 0.338 e. The van der Waals surface area contributed by atoms with Crippen LogP contribution in [0.3, 0.4) is 0 Å². The zero-order valence-electron chi connectivity index (χ0n) is 14.8. The van der Waals surface area contributed by atoms with Crippen molar-refractivity contribution >= 4 is 16.7 Å². The van der Waals surface area contributed by atoms with Crippen molar-refractivity contribution in [2.75, 3.05) is 6.61 Å². The van der Waals surface area contributed by atoms with E-state index < -0.39 is 5.97 Å². The second kappa shape index (κ2) is 8.54. The second-order valence-electron chi connectivity index (χ2n) is 6.37. The van der Waals surface area contributed by atoms with Gasteiger partial charge in [0.2, 0.25) is 0 Å². The van der Waals surface area contributed by atoms with Gasteiger partial charge < -0.3 is 14.9 Å². The van der Waals surface area contributed by atoms with E-state index in [4.69, 9.17) is 4.74 Å². The molecule has 27 heavy (non-hydrogen) atoms. The van der Waals surface area contributed by atoms with E-state index in [0.29, 0.717) is 34.7 Å². The van der Waals surface area contributed by atoms with Crippen LogP contribution < -0.4 is 0 Å². The van der Waals surface area contributed by atoms with Crippen LogP contribution in [0, 0.1) is 5.82 Å². The molecule has 0 unspecified atom stereocenters. The van der Waals surface area contributed by atoms with Gasteiger partial charge in [-0.05, 0) is 55.5 Å². The number of phenols is 2. The van der Waals surface area contributed by atoms with Crippen molar-refractivity contribution < 1.29 is 24.1 Å². The standard InChI is InChI=1S/C22H21FO4/c23-19-11-4-3-8-15(19)7-2-1-5-14-27-22(26)18-10-6-9-17-16(18)12-13-20(24)21(17)25/h3-4,6,8-13,24-25H,1-2,5,7,14H2. The van der Waals surface area contributed by atoms with E-state index in [9.17, 15) is 19.4 Å². The molecule has 0 fully saturated rings. The molecular weight excluding hydrogens is 347 g/mol. The molecule has 3 rings (SSSR count). The van der Waals surface area contributed by atoms with Gasteiger partial charge in [-0.1, -0.05) is 30.3 Å². The number of carbonyl (C=O) groups excluding carboxylic acids is 1. The van der Waals surface area contributed by atoms with Crippen molar-refractivity contribution in [3.63, 3.8) is 0 Å². The van der Waals surface area contributed by atoms with Gasteiger partial charge in [-0.15, -0.1) is 0 Å². The number of carbonyl (C=O) groups is 1. The highest BCUT2D eigenvalue weighted by molar-refractivity contribution is 6.06. The van der Waals surface area contributed by atoms with Crippen molar-refractivity contribution in [1.82, 2.24) is 0 Å². The van der Waals surface area contributed by atoms with E-state index in [2.05, 4.69) is 0 Å². The Hall–Kier alpha value is -3.08. The molecule has 0 aromatic heterocycles. The van der Waals surface area contributed by atoms with Gasteiger partial charge in [-0.3, -0.25) is 0 Å². The Morgan fingerprint density at radius 1 is 0.889 bits per heavy atom. The van der Waals surface area contributed by atoms with E-state index in [1.54, 1.807) is 36.4 Å². The molecule has 0 saturated heterocycles. The van der Waals surface area contributed by atoms with Crippen LogP contribution in [-0.2, 0) is 11.2 Å². The summed E-state index contributed by atoms with van der Waals surface area (Å²) in [6.45, 7) is 0.274. The minimum Gasteiger partial charge on any atom is -0.504 e. The fourth-order valence-corrected chi connectivity index (χ4v) is 3.05. The van der Waals surface area contributed by atoms with Gasteiger partial charge in [-0.2, -0.15) is 0 Å². The van der Waals surface area contributed by atoms with E-state index in [1.807, 2.05) is 6.07 Å². The lowest BCUT2D eigenvalue weighted by Crippen LogP contribution is -2.07. The molecule has 0 amide bonds. The monoisotopic (exact) mass is 368 g/mol. The number of aryl methyl sites for hydroxylation is 1. The summed E-state index contributed by atoms with van der Waals surface area (Å²) in [5.41, 5.74) is 1.04. The fraction of sp³-hybridized carbons (Fsp3) is 0.227. The molecule has 3 aromatic rings. The number of ether oxygens (including phenoxy) is 1. The maximum absolute atomic E-state index is 13.5. The Morgan fingerprint density at radius 2 is 1.70 bits per heavy atom. The zero-order valence-corrected chi connectivity index (χ0v) is 14.8. The normalized spacial score (nSPS) is 10.9. The highest BCUT2D eigenvalue weighted by Gasteiger charge is 2.14. The first-order valence-electron chi connectivity index (χ1n) is 8.92. The summed E-state index contributed by atoms with van der Waals surface area (Å²) in [5, 5.41) is 20.4. The summed E-state index contributed by atoms with van der Waals surface area (Å²) in [6, 6.07) is 14.5. The lowest BCUT2D eigenvalue weighted by Gasteiger charge is -2.09. The van der Waals surface area contributed by atoms with Crippen LogP contribution in [-0.4, -0.2) is 22.8 Å². The molecule has 0 radical (unpaired) electrons. The fourth-order valence-electron chi connectivity index (χ4n) is 3.05. The maximum atomic E-state index is 13.5. The number of rotatable bonds is 7. The first-order valence-corrected chi connectivity index (χ1v) is 8.92. The van der Waals surface area contributed by atoms with Gasteiger partial charge >= 0.3 is 5.97 Å². The number of fused-ring (bicyclic) bond motifs is 1. The number of phenolic OH excluding ortho intramolecular Hbond substituents is 2. The number of esters is 1. The van der Waals surface area contributed by atoms with Crippen molar-refractivity contribution in [3.05, 3.63) is 71.5 Å². The predicted molar refractivity (Wildman–Crippen MR) is 102 cm³/mol. The molecule has 0 aliphatic rings. The van der Waals surface area contributed by atoms with Crippen LogP contribution >= 0.6 is 0 Å². The SMILES string of the molecule is O=C(OCCCCCc1ccccc1F)c1cccc2c(O)c(O)ccc12. The van der Waals surface area contributed by atoms with Crippen molar-refractivity contribution in [3.8, 4) is 11.5 Å². The molecule has 3 aromatic carbocycles. The summed E-state index contributed by atoms with van der Waals surface area (Å²) >= 11 is 0. The number of unbranched alkanes of at least 4 members (excludes halogenated alkanes) is 2.